The molecule has 3 nitrogen and oxygen atoms in total. The molecule has 2 aliphatic heterocycles. The zero-order valence-corrected chi connectivity index (χ0v) is 17.1. The second-order valence-corrected chi connectivity index (χ2v) is 9.63. The Kier molecular flexibility index (Phi) is 3.59. The molecular weight excluding hydrogens is 346 g/mol. The SMILES string of the molecule is CC1(C)CCN2CCC(C)(C)c3c2c1cc1cc(-c2ccccc2)c(=O)oc31. The van der Waals surface area contributed by atoms with E-state index in [9.17, 15) is 4.79 Å². The molecule has 0 unspecified atom stereocenters. The first kappa shape index (κ1) is 17.5. The minimum Gasteiger partial charge on any atom is -0.422 e. The van der Waals surface area contributed by atoms with E-state index in [0.29, 0.717) is 5.56 Å². The molecule has 0 saturated carbocycles. The van der Waals surface area contributed by atoms with Gasteiger partial charge < -0.3 is 9.32 Å². The molecule has 1 aromatic heterocycles. The van der Waals surface area contributed by atoms with E-state index < -0.39 is 0 Å². The molecule has 3 aromatic rings. The maximum absolute atomic E-state index is 12.9. The standard InChI is InChI=1S/C25H27NO2/c1-24(2)10-12-26-13-11-25(3,4)20-21(26)19(24)15-17-14-18(23(27)28-22(17)20)16-8-6-5-7-9-16/h5-9,14-15H,10-13H2,1-4H3. The molecule has 28 heavy (non-hydrogen) atoms. The van der Waals surface area contributed by atoms with Gasteiger partial charge in [0.2, 0.25) is 0 Å². The van der Waals surface area contributed by atoms with Crippen molar-refractivity contribution >= 4 is 16.7 Å². The molecule has 0 N–H and O–H groups in total. The van der Waals surface area contributed by atoms with E-state index in [1.54, 1.807) is 0 Å². The van der Waals surface area contributed by atoms with Gasteiger partial charge in [-0.2, -0.15) is 0 Å². The molecule has 2 aromatic carbocycles. The number of hydrogen-bond donors (Lipinski definition) is 0. The van der Waals surface area contributed by atoms with Crippen LogP contribution in [-0.2, 0) is 10.8 Å². The van der Waals surface area contributed by atoms with E-state index in [1.165, 1.54) is 16.8 Å². The predicted molar refractivity (Wildman–Crippen MR) is 115 cm³/mol. The summed E-state index contributed by atoms with van der Waals surface area (Å²) in [5, 5.41) is 1.04. The second-order valence-electron chi connectivity index (χ2n) is 9.63. The fourth-order valence-electron chi connectivity index (χ4n) is 4.97. The summed E-state index contributed by atoms with van der Waals surface area (Å²) < 4.78 is 6.04. The maximum Gasteiger partial charge on any atom is 0.344 e. The molecule has 0 bridgehead atoms. The van der Waals surface area contributed by atoms with Crippen LogP contribution in [0.1, 0.15) is 51.7 Å². The summed E-state index contributed by atoms with van der Waals surface area (Å²) >= 11 is 0. The predicted octanol–water partition coefficient (Wildman–Crippen LogP) is 5.63. The highest BCUT2D eigenvalue weighted by atomic mass is 16.4. The van der Waals surface area contributed by atoms with Gasteiger partial charge in [0, 0.05) is 29.7 Å². The highest BCUT2D eigenvalue weighted by molar-refractivity contribution is 5.92. The van der Waals surface area contributed by atoms with Crippen LogP contribution in [0.15, 0.2) is 51.7 Å². The molecule has 0 aliphatic carbocycles. The van der Waals surface area contributed by atoms with Crippen LogP contribution in [0.5, 0.6) is 0 Å². The van der Waals surface area contributed by atoms with E-state index >= 15 is 0 Å². The van der Waals surface area contributed by atoms with Crippen LogP contribution < -0.4 is 10.5 Å². The lowest BCUT2D eigenvalue weighted by molar-refractivity contribution is 0.398. The first-order valence-electron chi connectivity index (χ1n) is 10.2. The minimum atomic E-state index is -0.252. The molecule has 3 heterocycles. The van der Waals surface area contributed by atoms with Gasteiger partial charge in [0.1, 0.15) is 5.58 Å². The largest absolute Gasteiger partial charge is 0.422 e. The van der Waals surface area contributed by atoms with Crippen LogP contribution in [-0.4, -0.2) is 13.1 Å². The van der Waals surface area contributed by atoms with Crippen molar-refractivity contribution in [2.75, 3.05) is 18.0 Å². The lowest BCUT2D eigenvalue weighted by atomic mass is 9.69. The van der Waals surface area contributed by atoms with Crippen LogP contribution in [0.4, 0.5) is 5.69 Å². The van der Waals surface area contributed by atoms with Crippen LogP contribution in [0.2, 0.25) is 0 Å². The first-order chi connectivity index (χ1) is 13.3. The van der Waals surface area contributed by atoms with Gasteiger partial charge in [0.25, 0.3) is 0 Å². The van der Waals surface area contributed by atoms with Crippen molar-refractivity contribution in [2.45, 2.75) is 51.4 Å². The van der Waals surface area contributed by atoms with E-state index in [0.717, 1.165) is 42.5 Å². The third kappa shape index (κ3) is 2.45. The van der Waals surface area contributed by atoms with Crippen LogP contribution in [0.3, 0.4) is 0 Å². The Hall–Kier alpha value is -2.55. The number of anilines is 1. The fraction of sp³-hybridized carbons (Fsp3) is 0.400. The van der Waals surface area contributed by atoms with E-state index in [2.05, 4.69) is 38.7 Å². The monoisotopic (exact) mass is 373 g/mol. The van der Waals surface area contributed by atoms with Gasteiger partial charge in [0.05, 0.1) is 5.56 Å². The minimum absolute atomic E-state index is 0.0162. The number of fused-ring (bicyclic) bond motifs is 2. The molecule has 0 atom stereocenters. The lowest BCUT2D eigenvalue weighted by Crippen LogP contribution is -2.44. The number of rotatable bonds is 1. The van der Waals surface area contributed by atoms with Crippen molar-refractivity contribution in [1.29, 1.82) is 0 Å². The average Bonchev–Trinajstić information content (AvgIpc) is 2.66. The molecule has 0 saturated heterocycles. The van der Waals surface area contributed by atoms with Crippen molar-refractivity contribution in [3.05, 3.63) is 64.0 Å². The van der Waals surface area contributed by atoms with Crippen molar-refractivity contribution < 1.29 is 4.42 Å². The quantitative estimate of drug-likeness (QED) is 0.518. The summed E-state index contributed by atoms with van der Waals surface area (Å²) in [4.78, 5) is 15.4. The number of benzene rings is 2. The topological polar surface area (TPSA) is 33.5 Å². The molecule has 0 amide bonds. The first-order valence-corrected chi connectivity index (χ1v) is 10.2. The van der Waals surface area contributed by atoms with Gasteiger partial charge >= 0.3 is 5.63 Å². The Morgan fingerprint density at radius 1 is 0.929 bits per heavy atom. The molecule has 0 spiro atoms. The summed E-state index contributed by atoms with van der Waals surface area (Å²) in [6, 6.07) is 14.1. The van der Waals surface area contributed by atoms with Crippen LogP contribution >= 0.6 is 0 Å². The van der Waals surface area contributed by atoms with Crippen molar-refractivity contribution in [2.24, 2.45) is 0 Å². The third-order valence-corrected chi connectivity index (χ3v) is 6.82. The molecule has 144 valence electrons. The Balaban J connectivity index is 1.89. The van der Waals surface area contributed by atoms with Crippen molar-refractivity contribution in [1.82, 2.24) is 0 Å². The summed E-state index contributed by atoms with van der Waals surface area (Å²) in [5.74, 6) is 0. The number of hydrogen-bond acceptors (Lipinski definition) is 3. The van der Waals surface area contributed by atoms with Crippen molar-refractivity contribution in [3.63, 3.8) is 0 Å². The highest BCUT2D eigenvalue weighted by Crippen LogP contribution is 2.51. The maximum atomic E-state index is 12.9. The Bertz CT molecular complexity index is 1140. The molecule has 0 fully saturated rings. The summed E-state index contributed by atoms with van der Waals surface area (Å²) in [6.45, 7) is 11.4. The summed E-state index contributed by atoms with van der Waals surface area (Å²) in [6.07, 6.45) is 2.22. The second kappa shape index (κ2) is 5.73. The molecule has 5 rings (SSSR count). The van der Waals surface area contributed by atoms with E-state index in [1.807, 2.05) is 36.4 Å². The van der Waals surface area contributed by atoms with Gasteiger partial charge in [-0.3, -0.25) is 0 Å². The lowest BCUT2D eigenvalue weighted by Gasteiger charge is -2.48. The summed E-state index contributed by atoms with van der Waals surface area (Å²) in [7, 11) is 0. The Morgan fingerprint density at radius 3 is 2.32 bits per heavy atom. The fourth-order valence-corrected chi connectivity index (χ4v) is 4.97. The van der Waals surface area contributed by atoms with Crippen molar-refractivity contribution in [3.8, 4) is 11.1 Å². The zero-order valence-electron chi connectivity index (χ0n) is 17.1. The molecule has 3 heteroatoms. The molecular formula is C25H27NO2. The molecule has 2 aliphatic rings. The van der Waals surface area contributed by atoms with E-state index in [4.69, 9.17) is 4.42 Å². The van der Waals surface area contributed by atoms with Gasteiger partial charge in [-0.1, -0.05) is 58.0 Å². The summed E-state index contributed by atoms with van der Waals surface area (Å²) in [5.41, 5.74) is 6.09. The third-order valence-electron chi connectivity index (χ3n) is 6.82. The average molecular weight is 373 g/mol. The zero-order chi connectivity index (χ0) is 19.7. The van der Waals surface area contributed by atoms with Gasteiger partial charge in [-0.25, -0.2) is 4.79 Å². The Labute approximate surface area is 166 Å². The van der Waals surface area contributed by atoms with E-state index in [-0.39, 0.29) is 16.5 Å². The van der Waals surface area contributed by atoms with Crippen LogP contribution in [0.25, 0.3) is 22.1 Å². The Morgan fingerprint density at radius 2 is 1.61 bits per heavy atom. The normalized spacial score (nSPS) is 19.5. The smallest absolute Gasteiger partial charge is 0.344 e. The number of nitrogens with zero attached hydrogens (tertiary/aromatic N) is 1. The van der Waals surface area contributed by atoms with Crippen LogP contribution in [0, 0.1) is 0 Å². The molecule has 0 radical (unpaired) electrons. The van der Waals surface area contributed by atoms with Gasteiger partial charge in [-0.05, 0) is 46.9 Å². The van der Waals surface area contributed by atoms with Gasteiger partial charge in [-0.15, -0.1) is 0 Å². The highest BCUT2D eigenvalue weighted by Gasteiger charge is 2.41. The van der Waals surface area contributed by atoms with Gasteiger partial charge in [0.15, 0.2) is 0 Å².